The fourth-order valence-corrected chi connectivity index (χ4v) is 5.61. The zero-order chi connectivity index (χ0) is 27.3. The van der Waals surface area contributed by atoms with Crippen molar-refractivity contribution in [1.82, 2.24) is 9.55 Å². The summed E-state index contributed by atoms with van der Waals surface area (Å²) in [5.74, 6) is -1.38. The summed E-state index contributed by atoms with van der Waals surface area (Å²) in [4.78, 5) is 80.3. The maximum Gasteiger partial charge on any atom is 0.351 e. The Labute approximate surface area is 201 Å². The van der Waals surface area contributed by atoms with E-state index in [1.165, 1.54) is 6.07 Å². The van der Waals surface area contributed by atoms with E-state index in [1.54, 1.807) is 0 Å². The summed E-state index contributed by atoms with van der Waals surface area (Å²) >= 11 is 0. The molecule has 0 radical (unpaired) electrons. The number of ether oxygens (including phenoxy) is 2. The molecule has 1 aromatic heterocycles. The van der Waals surface area contributed by atoms with Gasteiger partial charge in [0.2, 0.25) is 5.91 Å². The van der Waals surface area contributed by atoms with Crippen LogP contribution < -0.4 is 25.7 Å². The number of hydrogen-bond acceptors (Lipinski definition) is 16. The van der Waals surface area contributed by atoms with Gasteiger partial charge in [0.25, 0.3) is 23.5 Å². The van der Waals surface area contributed by atoms with Crippen LogP contribution in [0.2, 0.25) is 0 Å². The van der Waals surface area contributed by atoms with E-state index in [-0.39, 0.29) is 25.1 Å². The number of anilines is 1. The van der Waals surface area contributed by atoms with Crippen LogP contribution in [0.3, 0.4) is 0 Å². The number of phosphoric ester groups is 1. The SMILES string of the molecule is COC(=O)CCC(=O)Nc1ccn([C@H]2C[C@@H](O)[C@@H](COP(=O)([O-])OP(=O)([O-])OP(=O)([O-])O)O2)c(=O)n1. The number of amides is 1. The van der Waals surface area contributed by atoms with E-state index in [1.807, 2.05) is 0 Å². The molecule has 1 saturated heterocycles. The summed E-state index contributed by atoms with van der Waals surface area (Å²) in [5.41, 5.74) is -0.937. The van der Waals surface area contributed by atoms with Crippen LogP contribution >= 0.6 is 23.5 Å². The van der Waals surface area contributed by atoms with Gasteiger partial charge in [0, 0.05) is 19.0 Å². The molecule has 1 aromatic rings. The number of phosphoric acid groups is 3. The number of aliphatic hydroxyl groups is 1. The van der Waals surface area contributed by atoms with Gasteiger partial charge in [-0.05, 0) is 6.07 Å². The molecule has 6 atom stereocenters. The Morgan fingerprint density at radius 2 is 1.89 bits per heavy atom. The van der Waals surface area contributed by atoms with Gasteiger partial charge in [-0.2, -0.15) is 4.98 Å². The van der Waals surface area contributed by atoms with Crippen LogP contribution in [-0.4, -0.2) is 57.4 Å². The van der Waals surface area contributed by atoms with Crippen molar-refractivity contribution in [3.05, 3.63) is 22.7 Å². The van der Waals surface area contributed by atoms with E-state index in [2.05, 4.69) is 28.2 Å². The average molecular weight is 578 g/mol. The highest BCUT2D eigenvalue weighted by Gasteiger charge is 2.37. The Morgan fingerprint density at radius 3 is 2.47 bits per heavy atom. The lowest BCUT2D eigenvalue weighted by molar-refractivity contribution is -0.250. The van der Waals surface area contributed by atoms with Gasteiger partial charge in [-0.1, -0.05) is 0 Å². The van der Waals surface area contributed by atoms with E-state index in [0.29, 0.717) is 0 Å². The summed E-state index contributed by atoms with van der Waals surface area (Å²) in [5, 5.41) is 12.4. The number of carbonyl (C=O) groups is 2. The van der Waals surface area contributed by atoms with Crippen LogP contribution in [0.15, 0.2) is 17.1 Å². The number of methoxy groups -OCH3 is 1. The van der Waals surface area contributed by atoms with E-state index in [4.69, 9.17) is 9.63 Å². The van der Waals surface area contributed by atoms with Gasteiger partial charge in [-0.25, -0.2) is 13.4 Å². The Hall–Kier alpha value is -1.85. The monoisotopic (exact) mass is 578 g/mol. The maximum atomic E-state index is 12.3. The van der Waals surface area contributed by atoms with Crippen molar-refractivity contribution in [2.24, 2.45) is 0 Å². The zero-order valence-corrected chi connectivity index (χ0v) is 20.7. The molecule has 0 bridgehead atoms. The highest BCUT2D eigenvalue weighted by atomic mass is 31.3. The number of hydrogen-bond donors (Lipinski definition) is 3. The van der Waals surface area contributed by atoms with Gasteiger partial charge in [0.05, 0.1) is 26.2 Å². The Bertz CT molecular complexity index is 1170. The smallest absolute Gasteiger partial charge is 0.351 e. The lowest BCUT2D eigenvalue weighted by Gasteiger charge is -2.33. The van der Waals surface area contributed by atoms with Gasteiger partial charge in [-0.3, -0.25) is 27.9 Å². The first-order chi connectivity index (χ1) is 16.5. The highest BCUT2D eigenvalue weighted by Crippen LogP contribution is 2.61. The normalized spacial score (nSPS) is 24.8. The number of carbonyl (C=O) groups excluding carboxylic acids is 2. The van der Waals surface area contributed by atoms with Gasteiger partial charge in [-0.15, -0.1) is 0 Å². The number of aromatic nitrogens is 2. The number of nitrogens with zero attached hydrogens (tertiary/aromatic N) is 2. The van der Waals surface area contributed by atoms with Gasteiger partial charge >= 0.3 is 11.7 Å². The standard InChI is InChI=1S/C14H22N3O16P3/c1-29-13(20)3-2-11(19)15-10-4-5-17(14(21)16-10)12-6-8(18)9(31-12)7-30-35(25,26)33-36(27,28)32-34(22,23)24/h4-5,8-9,12,18H,2-3,6-7H2,1H3,(H,25,26)(H,27,28)(H2,22,23,24)(H,15,16,19,21)/p-3/t8-,9-,12-/m1/s1. The van der Waals surface area contributed by atoms with Crippen molar-refractivity contribution in [2.75, 3.05) is 19.0 Å². The van der Waals surface area contributed by atoms with Crippen LogP contribution in [-0.2, 0) is 45.9 Å². The Kier molecular flexibility index (Phi) is 10.2. The van der Waals surface area contributed by atoms with Gasteiger partial charge < -0.3 is 44.0 Å². The number of aliphatic hydroxyl groups excluding tert-OH is 1. The van der Waals surface area contributed by atoms with Crippen molar-refractivity contribution >= 4 is 41.2 Å². The van der Waals surface area contributed by atoms with E-state index >= 15 is 0 Å². The third kappa shape index (κ3) is 9.89. The molecule has 0 aromatic carbocycles. The first-order valence-corrected chi connectivity index (χ1v) is 13.9. The summed E-state index contributed by atoms with van der Waals surface area (Å²) in [6.45, 7) is -1.02. The van der Waals surface area contributed by atoms with Crippen LogP contribution in [0, 0.1) is 0 Å². The van der Waals surface area contributed by atoms with Crippen molar-refractivity contribution in [1.29, 1.82) is 0 Å². The molecule has 0 saturated carbocycles. The minimum Gasteiger partial charge on any atom is -0.756 e. The van der Waals surface area contributed by atoms with Crippen molar-refractivity contribution < 1.29 is 70.6 Å². The number of esters is 1. The summed E-state index contributed by atoms with van der Waals surface area (Å²) in [6.07, 6.45) is -3.58. The maximum absolute atomic E-state index is 12.3. The summed E-state index contributed by atoms with van der Waals surface area (Å²) in [7, 11) is -16.6. The molecule has 1 aliphatic heterocycles. The minimum atomic E-state index is -6.09. The Morgan fingerprint density at radius 1 is 1.22 bits per heavy atom. The van der Waals surface area contributed by atoms with Crippen molar-refractivity contribution in [3.8, 4) is 0 Å². The second-order valence-corrected chi connectivity index (χ2v) is 11.2. The largest absolute Gasteiger partial charge is 0.756 e. The third-order valence-electron chi connectivity index (χ3n) is 4.20. The minimum absolute atomic E-state index is 0.149. The van der Waals surface area contributed by atoms with Crippen molar-refractivity contribution in [3.63, 3.8) is 0 Å². The molecule has 3 N–H and O–H groups in total. The van der Waals surface area contributed by atoms with E-state index in [9.17, 15) is 47.9 Å². The zero-order valence-electron chi connectivity index (χ0n) is 18.1. The fourth-order valence-electron chi connectivity index (χ4n) is 2.71. The van der Waals surface area contributed by atoms with Crippen LogP contribution in [0.25, 0.3) is 0 Å². The van der Waals surface area contributed by atoms with Crippen LogP contribution in [0.5, 0.6) is 0 Å². The average Bonchev–Trinajstić information content (AvgIpc) is 3.08. The highest BCUT2D eigenvalue weighted by molar-refractivity contribution is 7.65. The topological polar surface area (TPSA) is 288 Å². The summed E-state index contributed by atoms with van der Waals surface area (Å²) < 4.78 is 54.7. The van der Waals surface area contributed by atoms with Gasteiger partial charge in [0.15, 0.2) is 0 Å². The molecule has 19 nitrogen and oxygen atoms in total. The van der Waals surface area contributed by atoms with E-state index < -0.39 is 66.1 Å². The van der Waals surface area contributed by atoms with Crippen molar-refractivity contribution in [2.45, 2.75) is 37.7 Å². The number of nitrogens with one attached hydrogen (secondary N) is 1. The molecule has 204 valence electrons. The molecule has 2 rings (SSSR count). The molecule has 1 fully saturated rings. The molecule has 2 heterocycles. The predicted octanol–water partition coefficient (Wildman–Crippen LogP) is -2.77. The second-order valence-electron chi connectivity index (χ2n) is 6.88. The molecule has 1 aliphatic rings. The Balaban J connectivity index is 1.96. The molecule has 3 unspecified atom stereocenters. The molecule has 36 heavy (non-hydrogen) atoms. The molecular weight excluding hydrogens is 559 g/mol. The van der Waals surface area contributed by atoms with Crippen LogP contribution in [0.1, 0.15) is 25.5 Å². The van der Waals surface area contributed by atoms with E-state index in [0.717, 1.165) is 17.9 Å². The lowest BCUT2D eigenvalue weighted by atomic mass is 10.2. The predicted molar refractivity (Wildman–Crippen MR) is 106 cm³/mol. The third-order valence-corrected chi connectivity index (χ3v) is 7.89. The second kappa shape index (κ2) is 12.1. The molecule has 0 spiro atoms. The van der Waals surface area contributed by atoms with Crippen LogP contribution in [0.4, 0.5) is 5.82 Å². The first kappa shape index (κ1) is 30.4. The fraction of sp³-hybridized carbons (Fsp3) is 0.571. The lowest BCUT2D eigenvalue weighted by Crippen LogP contribution is -2.29. The molecule has 22 heteroatoms. The quantitative estimate of drug-likeness (QED) is 0.167. The number of rotatable bonds is 12. The molecule has 1 amide bonds. The molecular formula is C14H19N3O16P3-3. The van der Waals surface area contributed by atoms with Gasteiger partial charge in [0.1, 0.15) is 18.1 Å². The molecule has 0 aliphatic carbocycles. The first-order valence-electron chi connectivity index (χ1n) is 9.53. The summed E-state index contributed by atoms with van der Waals surface area (Å²) in [6, 6.07) is 1.21.